The van der Waals surface area contributed by atoms with Gasteiger partial charge in [0.1, 0.15) is 0 Å². The molecule has 2 aromatic rings. The van der Waals surface area contributed by atoms with Crippen molar-refractivity contribution in [3.8, 4) is 0 Å². The van der Waals surface area contributed by atoms with Gasteiger partial charge in [-0.2, -0.15) is 0 Å². The second kappa shape index (κ2) is 6.92. The van der Waals surface area contributed by atoms with Gasteiger partial charge in [0.05, 0.1) is 5.03 Å². The average Bonchev–Trinajstić information content (AvgIpc) is 2.43. The van der Waals surface area contributed by atoms with Crippen LogP contribution >= 0.6 is 27.7 Å². The van der Waals surface area contributed by atoms with Crippen LogP contribution in [0, 0.1) is 0 Å². The fourth-order valence-electron chi connectivity index (χ4n) is 1.66. The van der Waals surface area contributed by atoms with Gasteiger partial charge in [-0.1, -0.05) is 30.3 Å². The number of benzene rings is 1. The molecule has 2 nitrogen and oxygen atoms in total. The predicted molar refractivity (Wildman–Crippen MR) is 80.9 cm³/mol. The van der Waals surface area contributed by atoms with Crippen LogP contribution in [0.15, 0.2) is 58.2 Å². The van der Waals surface area contributed by atoms with Gasteiger partial charge in [0.15, 0.2) is 0 Å². The number of aromatic nitrogens is 1. The first kappa shape index (κ1) is 13.6. The van der Waals surface area contributed by atoms with E-state index >= 15 is 0 Å². The maximum Gasteiger partial charge on any atom is 0.0960 e. The van der Waals surface area contributed by atoms with Crippen molar-refractivity contribution in [3.63, 3.8) is 0 Å². The summed E-state index contributed by atoms with van der Waals surface area (Å²) in [5, 5.41) is 1.03. The number of nitrogens with zero attached hydrogens (tertiary/aromatic N) is 1. The van der Waals surface area contributed by atoms with E-state index in [-0.39, 0.29) is 0 Å². The molecule has 1 aromatic carbocycles. The highest BCUT2D eigenvalue weighted by Gasteiger charge is 2.10. The summed E-state index contributed by atoms with van der Waals surface area (Å²) in [6.45, 7) is 0.660. The third-order valence-corrected chi connectivity index (χ3v) is 4.26. The summed E-state index contributed by atoms with van der Waals surface area (Å²) in [4.78, 5) is 4.35. The maximum atomic E-state index is 5.85. The quantitative estimate of drug-likeness (QED) is 0.853. The fraction of sp³-hybridized carbons (Fsp3) is 0.214. The minimum Gasteiger partial charge on any atom is -0.330 e. The van der Waals surface area contributed by atoms with E-state index in [2.05, 4.69) is 45.2 Å². The standard InChI is InChI=1S/C14H15BrN2S/c15-13-6-7-14(17-9-13)18-10-12(8-16)11-4-2-1-3-5-11/h1-7,9,12H,8,10,16H2. The van der Waals surface area contributed by atoms with Crippen LogP contribution in [-0.2, 0) is 0 Å². The highest BCUT2D eigenvalue weighted by atomic mass is 79.9. The Morgan fingerprint density at radius 3 is 2.56 bits per heavy atom. The molecule has 4 heteroatoms. The molecule has 2 N–H and O–H groups in total. The number of rotatable bonds is 5. The molecule has 0 aliphatic rings. The van der Waals surface area contributed by atoms with E-state index in [9.17, 15) is 0 Å². The number of pyridine rings is 1. The van der Waals surface area contributed by atoms with Crippen LogP contribution in [-0.4, -0.2) is 17.3 Å². The molecule has 0 saturated heterocycles. The Balaban J connectivity index is 1.97. The van der Waals surface area contributed by atoms with Gasteiger partial charge in [-0.15, -0.1) is 11.8 Å². The Labute approximate surface area is 120 Å². The lowest BCUT2D eigenvalue weighted by Crippen LogP contribution is -2.14. The van der Waals surface area contributed by atoms with Gasteiger partial charge in [0, 0.05) is 22.3 Å². The van der Waals surface area contributed by atoms with Crippen LogP contribution in [0.2, 0.25) is 0 Å². The minimum atomic E-state index is 0.377. The van der Waals surface area contributed by atoms with Crippen molar-refractivity contribution in [1.29, 1.82) is 0 Å². The zero-order valence-corrected chi connectivity index (χ0v) is 12.3. The third-order valence-electron chi connectivity index (χ3n) is 2.69. The lowest BCUT2D eigenvalue weighted by molar-refractivity contribution is 0.784. The molecule has 0 aliphatic carbocycles. The summed E-state index contributed by atoms with van der Waals surface area (Å²) in [6.07, 6.45) is 1.82. The smallest absolute Gasteiger partial charge is 0.0960 e. The van der Waals surface area contributed by atoms with Crippen molar-refractivity contribution in [1.82, 2.24) is 4.98 Å². The first-order valence-electron chi connectivity index (χ1n) is 5.79. The van der Waals surface area contributed by atoms with Crippen molar-refractivity contribution < 1.29 is 0 Å². The molecule has 0 amide bonds. The molecule has 0 bridgehead atoms. The summed E-state index contributed by atoms with van der Waals surface area (Å²) < 4.78 is 1.00. The van der Waals surface area contributed by atoms with Crippen LogP contribution in [0.25, 0.3) is 0 Å². The van der Waals surface area contributed by atoms with Crippen LogP contribution in [0.5, 0.6) is 0 Å². The van der Waals surface area contributed by atoms with Crippen molar-refractivity contribution >= 4 is 27.7 Å². The Hall–Kier alpha value is -0.840. The Kier molecular flexibility index (Phi) is 5.23. The number of thioether (sulfide) groups is 1. The SMILES string of the molecule is NCC(CSc1ccc(Br)cn1)c1ccccc1. The van der Waals surface area contributed by atoms with E-state index in [0.717, 1.165) is 15.3 Å². The molecule has 1 unspecified atom stereocenters. The lowest BCUT2D eigenvalue weighted by atomic mass is 10.0. The maximum absolute atomic E-state index is 5.85. The van der Waals surface area contributed by atoms with Gasteiger partial charge < -0.3 is 5.73 Å². The van der Waals surface area contributed by atoms with Crippen LogP contribution in [0.3, 0.4) is 0 Å². The van der Waals surface area contributed by atoms with Crippen LogP contribution in [0.1, 0.15) is 11.5 Å². The first-order chi connectivity index (χ1) is 8.79. The molecule has 0 aliphatic heterocycles. The minimum absolute atomic E-state index is 0.377. The van der Waals surface area contributed by atoms with E-state index in [4.69, 9.17) is 5.73 Å². The van der Waals surface area contributed by atoms with Crippen molar-refractivity contribution in [2.75, 3.05) is 12.3 Å². The number of halogens is 1. The van der Waals surface area contributed by atoms with Crippen LogP contribution < -0.4 is 5.73 Å². The molecular formula is C14H15BrN2S. The molecule has 94 valence electrons. The summed E-state index contributed by atoms with van der Waals surface area (Å²) in [5.41, 5.74) is 7.15. The Bertz CT molecular complexity index is 473. The summed E-state index contributed by atoms with van der Waals surface area (Å²) in [5.74, 6) is 1.33. The number of hydrogen-bond donors (Lipinski definition) is 1. The zero-order chi connectivity index (χ0) is 12.8. The molecule has 2 rings (SSSR count). The average molecular weight is 323 g/mol. The summed E-state index contributed by atoms with van der Waals surface area (Å²) in [7, 11) is 0. The third kappa shape index (κ3) is 3.83. The number of hydrogen-bond acceptors (Lipinski definition) is 3. The van der Waals surface area contributed by atoms with Gasteiger partial charge in [0.25, 0.3) is 0 Å². The molecular weight excluding hydrogens is 308 g/mol. The lowest BCUT2D eigenvalue weighted by Gasteiger charge is -2.14. The second-order valence-electron chi connectivity index (χ2n) is 3.97. The molecule has 0 radical (unpaired) electrons. The van der Waals surface area contributed by atoms with Gasteiger partial charge in [-0.25, -0.2) is 4.98 Å². The highest BCUT2D eigenvalue weighted by molar-refractivity contribution is 9.10. The summed E-state index contributed by atoms with van der Waals surface area (Å²) in [6, 6.07) is 14.4. The molecule has 18 heavy (non-hydrogen) atoms. The van der Waals surface area contributed by atoms with Crippen molar-refractivity contribution in [2.45, 2.75) is 10.9 Å². The fourth-order valence-corrected chi connectivity index (χ4v) is 2.89. The van der Waals surface area contributed by atoms with Crippen LogP contribution in [0.4, 0.5) is 0 Å². The van der Waals surface area contributed by atoms with Gasteiger partial charge in [-0.3, -0.25) is 0 Å². The largest absolute Gasteiger partial charge is 0.330 e. The summed E-state index contributed by atoms with van der Waals surface area (Å²) >= 11 is 5.13. The monoisotopic (exact) mass is 322 g/mol. The number of nitrogens with two attached hydrogens (primary N) is 1. The molecule has 1 heterocycles. The molecule has 0 saturated carbocycles. The Morgan fingerprint density at radius 2 is 1.94 bits per heavy atom. The highest BCUT2D eigenvalue weighted by Crippen LogP contribution is 2.25. The van der Waals surface area contributed by atoms with E-state index in [0.29, 0.717) is 12.5 Å². The molecule has 1 atom stereocenters. The van der Waals surface area contributed by atoms with E-state index < -0.39 is 0 Å². The van der Waals surface area contributed by atoms with E-state index in [1.807, 2.05) is 24.4 Å². The molecule has 0 spiro atoms. The van der Waals surface area contributed by atoms with Gasteiger partial charge >= 0.3 is 0 Å². The predicted octanol–water partition coefficient (Wildman–Crippen LogP) is 3.68. The normalized spacial score (nSPS) is 12.3. The molecule has 1 aromatic heterocycles. The first-order valence-corrected chi connectivity index (χ1v) is 7.57. The topological polar surface area (TPSA) is 38.9 Å². The van der Waals surface area contributed by atoms with Crippen molar-refractivity contribution in [2.24, 2.45) is 5.73 Å². The molecule has 0 fully saturated rings. The van der Waals surface area contributed by atoms with E-state index in [1.54, 1.807) is 11.8 Å². The van der Waals surface area contributed by atoms with Crippen molar-refractivity contribution in [3.05, 3.63) is 58.7 Å². The zero-order valence-electron chi connectivity index (χ0n) is 9.92. The Morgan fingerprint density at radius 1 is 1.17 bits per heavy atom. The van der Waals surface area contributed by atoms with E-state index in [1.165, 1.54) is 5.56 Å². The second-order valence-corrected chi connectivity index (χ2v) is 5.92. The van der Waals surface area contributed by atoms with Gasteiger partial charge in [-0.05, 0) is 40.2 Å². The van der Waals surface area contributed by atoms with Gasteiger partial charge in [0.2, 0.25) is 0 Å².